The van der Waals surface area contributed by atoms with Crippen LogP contribution in [0.3, 0.4) is 0 Å². The van der Waals surface area contributed by atoms with Crippen LogP contribution in [0.2, 0.25) is 0 Å². The van der Waals surface area contributed by atoms with E-state index in [1.54, 1.807) is 42.5 Å². The van der Waals surface area contributed by atoms with Gasteiger partial charge in [-0.1, -0.05) is 37.3 Å². The molecule has 0 saturated heterocycles. The molecule has 0 aliphatic carbocycles. The van der Waals surface area contributed by atoms with Gasteiger partial charge in [0.25, 0.3) is 5.91 Å². The molecule has 3 aromatic rings. The van der Waals surface area contributed by atoms with E-state index in [4.69, 9.17) is 9.47 Å². The first-order chi connectivity index (χ1) is 17.4. The maximum Gasteiger partial charge on any atom is 0.255 e. The highest BCUT2D eigenvalue weighted by atomic mass is 19.1. The summed E-state index contributed by atoms with van der Waals surface area (Å²) >= 11 is 0. The SMILES string of the molecule is CCOc1cc(NC(=O)c2ccccc2)c(OCC)cc1NC(=O)CN(CC)Cc1cccc(F)c1. The van der Waals surface area contributed by atoms with Crippen molar-refractivity contribution in [3.8, 4) is 11.5 Å². The monoisotopic (exact) mass is 493 g/mol. The van der Waals surface area contributed by atoms with Crippen LogP contribution in [0.1, 0.15) is 36.7 Å². The first-order valence-electron chi connectivity index (χ1n) is 12.0. The van der Waals surface area contributed by atoms with E-state index >= 15 is 0 Å². The molecule has 0 radical (unpaired) electrons. The van der Waals surface area contributed by atoms with Crippen LogP contribution in [-0.4, -0.2) is 43.0 Å². The van der Waals surface area contributed by atoms with Gasteiger partial charge in [-0.3, -0.25) is 14.5 Å². The third-order valence-corrected chi connectivity index (χ3v) is 5.35. The number of amides is 2. The molecule has 2 N–H and O–H groups in total. The summed E-state index contributed by atoms with van der Waals surface area (Å²) in [6.07, 6.45) is 0. The minimum Gasteiger partial charge on any atom is -0.492 e. The lowest BCUT2D eigenvalue weighted by atomic mass is 10.2. The Bertz CT molecular complexity index is 1170. The van der Waals surface area contributed by atoms with Crippen LogP contribution in [0.25, 0.3) is 0 Å². The highest BCUT2D eigenvalue weighted by molar-refractivity contribution is 6.05. The molecule has 0 heterocycles. The Labute approximate surface area is 211 Å². The molecule has 0 bridgehead atoms. The predicted octanol–water partition coefficient (Wildman–Crippen LogP) is 5.34. The van der Waals surface area contributed by atoms with Gasteiger partial charge in [0.1, 0.15) is 17.3 Å². The fraction of sp³-hybridized carbons (Fsp3) is 0.286. The van der Waals surface area contributed by atoms with E-state index in [-0.39, 0.29) is 24.2 Å². The molecule has 3 rings (SSSR count). The van der Waals surface area contributed by atoms with E-state index in [9.17, 15) is 14.0 Å². The number of nitrogens with one attached hydrogen (secondary N) is 2. The van der Waals surface area contributed by atoms with E-state index in [2.05, 4.69) is 10.6 Å². The van der Waals surface area contributed by atoms with Gasteiger partial charge >= 0.3 is 0 Å². The first-order valence-corrected chi connectivity index (χ1v) is 12.0. The largest absolute Gasteiger partial charge is 0.492 e. The number of ether oxygens (including phenoxy) is 2. The molecular weight excluding hydrogens is 461 g/mol. The van der Waals surface area contributed by atoms with Crippen molar-refractivity contribution >= 4 is 23.2 Å². The Kier molecular flexibility index (Phi) is 9.82. The zero-order valence-corrected chi connectivity index (χ0v) is 20.8. The van der Waals surface area contributed by atoms with Crippen LogP contribution in [0.5, 0.6) is 11.5 Å². The van der Waals surface area contributed by atoms with Gasteiger partial charge in [0.15, 0.2) is 0 Å². The molecule has 8 heteroatoms. The summed E-state index contributed by atoms with van der Waals surface area (Å²) < 4.78 is 25.1. The summed E-state index contributed by atoms with van der Waals surface area (Å²) in [5.41, 5.74) is 2.17. The number of carbonyl (C=O) groups excluding carboxylic acids is 2. The third-order valence-electron chi connectivity index (χ3n) is 5.35. The second-order valence-electron chi connectivity index (χ2n) is 8.01. The summed E-state index contributed by atoms with van der Waals surface area (Å²) in [5.74, 6) is -0.0276. The van der Waals surface area contributed by atoms with Crippen molar-refractivity contribution in [2.75, 3.05) is 36.9 Å². The van der Waals surface area contributed by atoms with Crippen LogP contribution in [0.4, 0.5) is 15.8 Å². The minimum atomic E-state index is -0.308. The van der Waals surface area contributed by atoms with Crippen molar-refractivity contribution in [3.63, 3.8) is 0 Å². The Balaban J connectivity index is 1.79. The second-order valence-corrected chi connectivity index (χ2v) is 8.01. The first kappa shape index (κ1) is 26.7. The number of hydrogen-bond donors (Lipinski definition) is 2. The average molecular weight is 494 g/mol. The van der Waals surface area contributed by atoms with E-state index in [0.717, 1.165) is 5.56 Å². The normalized spacial score (nSPS) is 10.7. The number of anilines is 2. The van der Waals surface area contributed by atoms with Gasteiger partial charge in [-0.05, 0) is 50.2 Å². The number of carbonyl (C=O) groups is 2. The number of hydrogen-bond acceptors (Lipinski definition) is 5. The van der Waals surface area contributed by atoms with Gasteiger partial charge in [0.2, 0.25) is 5.91 Å². The van der Waals surface area contributed by atoms with Crippen molar-refractivity contribution < 1.29 is 23.5 Å². The maximum absolute atomic E-state index is 13.5. The van der Waals surface area contributed by atoms with Gasteiger partial charge in [-0.2, -0.15) is 0 Å². The molecule has 0 aliphatic heterocycles. The van der Waals surface area contributed by atoms with Crippen LogP contribution < -0.4 is 20.1 Å². The molecular formula is C28H32FN3O4. The van der Waals surface area contributed by atoms with Crippen molar-refractivity contribution in [3.05, 3.63) is 83.7 Å². The van der Waals surface area contributed by atoms with Gasteiger partial charge in [0, 0.05) is 24.2 Å². The molecule has 0 atom stereocenters. The molecule has 0 unspecified atom stereocenters. The fourth-order valence-corrected chi connectivity index (χ4v) is 3.66. The highest BCUT2D eigenvalue weighted by Crippen LogP contribution is 2.37. The molecule has 0 fully saturated rings. The summed E-state index contributed by atoms with van der Waals surface area (Å²) in [7, 11) is 0. The molecule has 0 spiro atoms. The molecule has 0 aromatic heterocycles. The Morgan fingerprint density at radius 1 is 0.833 bits per heavy atom. The summed E-state index contributed by atoms with van der Waals surface area (Å²) in [5, 5.41) is 5.76. The summed E-state index contributed by atoms with van der Waals surface area (Å²) in [6, 6.07) is 18.5. The molecule has 0 saturated carbocycles. The van der Waals surface area contributed by atoms with Gasteiger partial charge < -0.3 is 20.1 Å². The number of nitrogens with zero attached hydrogens (tertiary/aromatic N) is 1. The van der Waals surface area contributed by atoms with Crippen LogP contribution in [-0.2, 0) is 11.3 Å². The van der Waals surface area contributed by atoms with Crippen molar-refractivity contribution in [1.82, 2.24) is 4.90 Å². The fourth-order valence-electron chi connectivity index (χ4n) is 3.66. The molecule has 36 heavy (non-hydrogen) atoms. The molecule has 2 amide bonds. The lowest BCUT2D eigenvalue weighted by Gasteiger charge is -2.21. The van der Waals surface area contributed by atoms with Crippen LogP contribution in [0.15, 0.2) is 66.7 Å². The Hall–Kier alpha value is -3.91. The van der Waals surface area contributed by atoms with E-state index in [0.29, 0.717) is 54.7 Å². The quantitative estimate of drug-likeness (QED) is 0.356. The van der Waals surface area contributed by atoms with E-state index in [1.165, 1.54) is 12.1 Å². The van der Waals surface area contributed by atoms with Crippen LogP contribution >= 0.6 is 0 Å². The van der Waals surface area contributed by atoms with Gasteiger partial charge in [0.05, 0.1) is 31.1 Å². The molecule has 0 aliphatic rings. The average Bonchev–Trinajstić information content (AvgIpc) is 2.86. The van der Waals surface area contributed by atoms with Gasteiger partial charge in [-0.15, -0.1) is 0 Å². The smallest absolute Gasteiger partial charge is 0.255 e. The second kappa shape index (κ2) is 13.3. The number of likely N-dealkylation sites (N-methyl/N-ethyl adjacent to an activating group) is 1. The lowest BCUT2D eigenvalue weighted by molar-refractivity contribution is -0.117. The lowest BCUT2D eigenvalue weighted by Crippen LogP contribution is -2.33. The standard InChI is InChI=1S/C28H32FN3O4/c1-4-32(18-20-11-10-14-22(29)15-20)19-27(33)30-23-16-26(36-6-3)24(17-25(23)35-5-2)31-28(34)21-12-8-7-9-13-21/h7-17H,4-6,18-19H2,1-3H3,(H,30,33)(H,31,34). The number of halogens is 1. The number of benzene rings is 3. The summed E-state index contributed by atoms with van der Waals surface area (Å²) in [4.78, 5) is 27.5. The predicted molar refractivity (Wildman–Crippen MR) is 139 cm³/mol. The van der Waals surface area contributed by atoms with E-state index < -0.39 is 0 Å². The summed E-state index contributed by atoms with van der Waals surface area (Å²) in [6.45, 7) is 7.50. The van der Waals surface area contributed by atoms with Gasteiger partial charge in [-0.25, -0.2) is 4.39 Å². The zero-order chi connectivity index (χ0) is 25.9. The number of rotatable bonds is 12. The Morgan fingerprint density at radius 3 is 2.06 bits per heavy atom. The highest BCUT2D eigenvalue weighted by Gasteiger charge is 2.18. The minimum absolute atomic E-state index is 0.106. The molecule has 3 aromatic carbocycles. The van der Waals surface area contributed by atoms with Crippen molar-refractivity contribution in [2.24, 2.45) is 0 Å². The third kappa shape index (κ3) is 7.55. The van der Waals surface area contributed by atoms with Crippen molar-refractivity contribution in [1.29, 1.82) is 0 Å². The topological polar surface area (TPSA) is 79.9 Å². The maximum atomic E-state index is 13.5. The molecule has 190 valence electrons. The van der Waals surface area contributed by atoms with Crippen molar-refractivity contribution in [2.45, 2.75) is 27.3 Å². The van der Waals surface area contributed by atoms with Crippen LogP contribution in [0, 0.1) is 5.82 Å². The zero-order valence-electron chi connectivity index (χ0n) is 20.8. The Morgan fingerprint density at radius 2 is 1.47 bits per heavy atom. The molecule has 7 nitrogen and oxygen atoms in total. The van der Waals surface area contributed by atoms with E-state index in [1.807, 2.05) is 37.8 Å².